The highest BCUT2D eigenvalue weighted by Crippen LogP contribution is 2.19. The first-order valence-corrected chi connectivity index (χ1v) is 6.35. The Bertz CT molecular complexity index is 710. The second kappa shape index (κ2) is 5.26. The van der Waals surface area contributed by atoms with Crippen LogP contribution in [0, 0.1) is 0 Å². The lowest BCUT2D eigenvalue weighted by Crippen LogP contribution is -2.13. The Labute approximate surface area is 116 Å². The van der Waals surface area contributed by atoms with Crippen molar-refractivity contribution < 1.29 is 5.11 Å². The summed E-state index contributed by atoms with van der Waals surface area (Å²) < 4.78 is 1.69. The van der Waals surface area contributed by atoms with Crippen LogP contribution in [0.25, 0.3) is 11.0 Å². The van der Waals surface area contributed by atoms with Gasteiger partial charge in [-0.05, 0) is 5.56 Å². The Balaban J connectivity index is 1.77. The van der Waals surface area contributed by atoms with E-state index < -0.39 is 6.10 Å². The summed E-state index contributed by atoms with van der Waals surface area (Å²) in [4.78, 5) is 8.37. The number of aliphatic hydroxyl groups excluding tert-OH is 1. The van der Waals surface area contributed by atoms with Gasteiger partial charge in [0.05, 0.1) is 17.7 Å². The largest absolute Gasteiger partial charge is 0.387 e. The Morgan fingerprint density at radius 1 is 1.25 bits per heavy atom. The Hall–Kier alpha value is -2.47. The van der Waals surface area contributed by atoms with Crippen molar-refractivity contribution in [2.45, 2.75) is 6.10 Å². The molecule has 3 rings (SSSR count). The van der Waals surface area contributed by atoms with Gasteiger partial charge in [0.2, 0.25) is 0 Å². The summed E-state index contributed by atoms with van der Waals surface area (Å²) in [6, 6.07) is 9.52. The maximum atomic E-state index is 10.1. The van der Waals surface area contributed by atoms with E-state index in [1.54, 1.807) is 10.9 Å². The fraction of sp³-hybridized carbons (Fsp3) is 0.214. The van der Waals surface area contributed by atoms with Crippen molar-refractivity contribution >= 4 is 16.9 Å². The highest BCUT2D eigenvalue weighted by Gasteiger charge is 2.10. The van der Waals surface area contributed by atoms with Crippen molar-refractivity contribution in [1.82, 2.24) is 19.7 Å². The van der Waals surface area contributed by atoms with Gasteiger partial charge in [0, 0.05) is 13.6 Å². The van der Waals surface area contributed by atoms with Crippen LogP contribution in [0.4, 0.5) is 5.82 Å². The molecule has 102 valence electrons. The molecular weight excluding hydrogens is 254 g/mol. The second-order valence-corrected chi connectivity index (χ2v) is 4.54. The molecule has 1 aromatic carbocycles. The van der Waals surface area contributed by atoms with Gasteiger partial charge in [0.15, 0.2) is 5.65 Å². The number of hydrogen-bond acceptors (Lipinski definition) is 5. The smallest absolute Gasteiger partial charge is 0.163 e. The number of aryl methyl sites for hydroxylation is 1. The van der Waals surface area contributed by atoms with Crippen molar-refractivity contribution in [2.24, 2.45) is 7.05 Å². The van der Waals surface area contributed by atoms with Gasteiger partial charge in [0.1, 0.15) is 12.1 Å². The van der Waals surface area contributed by atoms with E-state index in [0.29, 0.717) is 12.4 Å². The Morgan fingerprint density at radius 3 is 2.85 bits per heavy atom. The predicted octanol–water partition coefficient (Wildman–Crippen LogP) is 1.51. The first kappa shape index (κ1) is 12.6. The molecule has 0 unspecified atom stereocenters. The standard InChI is InChI=1S/C14H15N5O/c1-19-14-11(7-18-19)13(16-9-17-14)15-8-12(20)10-5-3-2-4-6-10/h2-7,9,12,20H,8H2,1H3,(H,15,16,17)/t12-/m0/s1. The minimum atomic E-state index is -0.585. The van der Waals surface area contributed by atoms with Crippen LogP contribution in [0.5, 0.6) is 0 Å². The Morgan fingerprint density at radius 2 is 2.05 bits per heavy atom. The molecule has 6 nitrogen and oxygen atoms in total. The molecule has 0 bridgehead atoms. The summed E-state index contributed by atoms with van der Waals surface area (Å²) in [5.74, 6) is 0.679. The minimum Gasteiger partial charge on any atom is -0.387 e. The molecule has 0 fully saturated rings. The third-order valence-corrected chi connectivity index (χ3v) is 3.18. The molecule has 6 heteroatoms. The summed E-state index contributed by atoms with van der Waals surface area (Å²) >= 11 is 0. The van der Waals surface area contributed by atoms with Crippen molar-refractivity contribution in [1.29, 1.82) is 0 Å². The van der Waals surface area contributed by atoms with Crippen LogP contribution in [0.3, 0.4) is 0 Å². The van der Waals surface area contributed by atoms with Gasteiger partial charge in [-0.15, -0.1) is 0 Å². The highest BCUT2D eigenvalue weighted by atomic mass is 16.3. The number of hydrogen-bond donors (Lipinski definition) is 2. The first-order chi connectivity index (χ1) is 9.75. The molecule has 0 amide bonds. The van der Waals surface area contributed by atoms with Crippen LogP contribution in [0.2, 0.25) is 0 Å². The summed E-state index contributed by atoms with van der Waals surface area (Å²) in [7, 11) is 1.83. The maximum absolute atomic E-state index is 10.1. The van der Waals surface area contributed by atoms with Crippen LogP contribution >= 0.6 is 0 Å². The molecule has 0 saturated carbocycles. The maximum Gasteiger partial charge on any atom is 0.163 e. The first-order valence-electron chi connectivity index (χ1n) is 6.35. The number of aromatic nitrogens is 4. The fourth-order valence-electron chi connectivity index (χ4n) is 2.09. The lowest BCUT2D eigenvalue weighted by Gasteiger charge is -2.12. The van der Waals surface area contributed by atoms with E-state index in [-0.39, 0.29) is 0 Å². The summed E-state index contributed by atoms with van der Waals surface area (Å²) in [5, 5.41) is 18.3. The topological polar surface area (TPSA) is 75.9 Å². The van der Waals surface area contributed by atoms with Crippen LogP contribution in [-0.4, -0.2) is 31.4 Å². The van der Waals surface area contributed by atoms with Crippen molar-refractivity contribution in [3.05, 3.63) is 48.4 Å². The molecule has 2 aromatic heterocycles. The average molecular weight is 269 g/mol. The summed E-state index contributed by atoms with van der Waals surface area (Å²) in [5.41, 5.74) is 1.63. The van der Waals surface area contributed by atoms with Gasteiger partial charge < -0.3 is 10.4 Å². The van der Waals surface area contributed by atoms with E-state index in [4.69, 9.17) is 0 Å². The molecule has 0 spiro atoms. The van der Waals surface area contributed by atoms with E-state index in [1.807, 2.05) is 37.4 Å². The van der Waals surface area contributed by atoms with Crippen molar-refractivity contribution in [3.8, 4) is 0 Å². The SMILES string of the molecule is Cn1ncc2c(NC[C@H](O)c3ccccc3)ncnc21. The number of benzene rings is 1. The quantitative estimate of drug-likeness (QED) is 0.751. The molecule has 0 radical (unpaired) electrons. The van der Waals surface area contributed by atoms with Gasteiger partial charge >= 0.3 is 0 Å². The zero-order valence-corrected chi connectivity index (χ0v) is 11.1. The van der Waals surface area contributed by atoms with Crippen LogP contribution < -0.4 is 5.32 Å². The van der Waals surface area contributed by atoms with Gasteiger partial charge in [-0.3, -0.25) is 4.68 Å². The number of fused-ring (bicyclic) bond motifs is 1. The zero-order valence-electron chi connectivity index (χ0n) is 11.1. The van der Waals surface area contributed by atoms with Crippen molar-refractivity contribution in [3.63, 3.8) is 0 Å². The lowest BCUT2D eigenvalue weighted by atomic mass is 10.1. The number of nitrogens with one attached hydrogen (secondary N) is 1. The van der Waals surface area contributed by atoms with Crippen LogP contribution in [0.15, 0.2) is 42.9 Å². The minimum absolute atomic E-state index is 0.380. The molecule has 20 heavy (non-hydrogen) atoms. The summed E-state index contributed by atoms with van der Waals surface area (Å²) in [6.45, 7) is 0.380. The van der Waals surface area contributed by atoms with Gasteiger partial charge in [-0.1, -0.05) is 30.3 Å². The third kappa shape index (κ3) is 2.33. The average Bonchev–Trinajstić information content (AvgIpc) is 2.88. The third-order valence-electron chi connectivity index (χ3n) is 3.18. The van der Waals surface area contributed by atoms with Gasteiger partial charge in [0.25, 0.3) is 0 Å². The van der Waals surface area contributed by atoms with E-state index in [0.717, 1.165) is 16.6 Å². The van der Waals surface area contributed by atoms with Crippen LogP contribution in [0.1, 0.15) is 11.7 Å². The van der Waals surface area contributed by atoms with Crippen molar-refractivity contribution in [2.75, 3.05) is 11.9 Å². The van der Waals surface area contributed by atoms with E-state index in [9.17, 15) is 5.11 Å². The molecule has 2 heterocycles. The van der Waals surface area contributed by atoms with Crippen LogP contribution in [-0.2, 0) is 7.05 Å². The number of anilines is 1. The zero-order chi connectivity index (χ0) is 13.9. The molecule has 0 aliphatic heterocycles. The highest BCUT2D eigenvalue weighted by molar-refractivity contribution is 5.85. The molecule has 0 aliphatic carbocycles. The van der Waals surface area contributed by atoms with Gasteiger partial charge in [-0.25, -0.2) is 9.97 Å². The molecule has 0 saturated heterocycles. The predicted molar refractivity (Wildman–Crippen MR) is 76.2 cm³/mol. The molecule has 3 aromatic rings. The molecule has 2 N–H and O–H groups in total. The number of nitrogens with zero attached hydrogens (tertiary/aromatic N) is 4. The van der Waals surface area contributed by atoms with E-state index in [1.165, 1.54) is 6.33 Å². The van der Waals surface area contributed by atoms with E-state index >= 15 is 0 Å². The molecular formula is C14H15N5O. The monoisotopic (exact) mass is 269 g/mol. The molecule has 1 atom stereocenters. The van der Waals surface area contributed by atoms with Gasteiger partial charge in [-0.2, -0.15) is 5.10 Å². The molecule has 0 aliphatic rings. The van der Waals surface area contributed by atoms with E-state index in [2.05, 4.69) is 20.4 Å². The summed E-state index contributed by atoms with van der Waals surface area (Å²) in [6.07, 6.45) is 2.62. The fourth-order valence-corrected chi connectivity index (χ4v) is 2.09. The Kier molecular flexibility index (Phi) is 3.30. The second-order valence-electron chi connectivity index (χ2n) is 4.54. The number of aliphatic hydroxyl groups is 1. The normalized spacial score (nSPS) is 12.5. The lowest BCUT2D eigenvalue weighted by molar-refractivity contribution is 0.191. The number of rotatable bonds is 4.